The number of non-ortho nitro benzene ring substituents is 1. The van der Waals surface area contributed by atoms with Gasteiger partial charge in [0.15, 0.2) is 11.5 Å². The van der Waals surface area contributed by atoms with Crippen LogP contribution in [-0.2, 0) is 10.0 Å². The molecule has 0 aromatic heterocycles. The molecule has 0 N–H and O–H groups in total. The molecule has 3 rings (SSSR count). The van der Waals surface area contributed by atoms with E-state index in [9.17, 15) is 18.5 Å². The molecule has 0 aliphatic heterocycles. The van der Waals surface area contributed by atoms with Gasteiger partial charge in [-0.05, 0) is 42.8 Å². The zero-order valence-electron chi connectivity index (χ0n) is 17.6. The smallest absolute Gasteiger partial charge is 0.270 e. The molecule has 0 fully saturated rings. The summed E-state index contributed by atoms with van der Waals surface area (Å²) in [5, 5.41) is 11.7. The van der Waals surface area contributed by atoms with Crippen molar-refractivity contribution in [3.8, 4) is 11.5 Å². The maximum Gasteiger partial charge on any atom is 0.270 e. The number of halogens is 1. The molecule has 168 valence electrons. The van der Waals surface area contributed by atoms with Gasteiger partial charge in [-0.15, -0.1) is 0 Å². The average molecular weight is 477 g/mol. The summed E-state index contributed by atoms with van der Waals surface area (Å²) in [6.07, 6.45) is 0. The molecule has 0 bridgehead atoms. The van der Waals surface area contributed by atoms with Gasteiger partial charge in [0.05, 0.1) is 35.8 Å². The lowest BCUT2D eigenvalue weighted by Gasteiger charge is -2.31. The van der Waals surface area contributed by atoms with Crippen LogP contribution in [0.4, 0.5) is 11.4 Å². The normalized spacial score (nSPS) is 12.1. The minimum atomic E-state index is -4.21. The third kappa shape index (κ3) is 4.63. The summed E-state index contributed by atoms with van der Waals surface area (Å²) in [6.45, 7) is 1.72. The van der Waals surface area contributed by atoms with Crippen LogP contribution >= 0.6 is 11.6 Å². The summed E-state index contributed by atoms with van der Waals surface area (Å²) in [5.74, 6) is 0.774. The van der Waals surface area contributed by atoms with Crippen LogP contribution in [0.1, 0.15) is 18.5 Å². The number of benzene rings is 3. The number of sulfonamides is 1. The van der Waals surface area contributed by atoms with Crippen LogP contribution in [0.3, 0.4) is 0 Å². The quantitative estimate of drug-likeness (QED) is 0.326. The Morgan fingerprint density at radius 2 is 1.62 bits per heavy atom. The SMILES string of the molecule is COc1ccc(N([C@H](C)c2ccc(Cl)cc2)S(=O)(=O)c2cccc([N+](=O)[O-])c2)cc1OC. The van der Waals surface area contributed by atoms with Gasteiger partial charge < -0.3 is 9.47 Å². The molecule has 0 spiro atoms. The third-order valence-electron chi connectivity index (χ3n) is 4.91. The maximum absolute atomic E-state index is 13.7. The number of hydrogen-bond acceptors (Lipinski definition) is 6. The summed E-state index contributed by atoms with van der Waals surface area (Å²) < 4.78 is 39.3. The largest absolute Gasteiger partial charge is 0.493 e. The monoisotopic (exact) mass is 476 g/mol. The Kier molecular flexibility index (Phi) is 6.90. The third-order valence-corrected chi connectivity index (χ3v) is 7.06. The number of nitrogens with zero attached hydrogens (tertiary/aromatic N) is 2. The Morgan fingerprint density at radius 3 is 2.22 bits per heavy atom. The summed E-state index contributed by atoms with van der Waals surface area (Å²) in [6, 6.07) is 15.8. The van der Waals surface area contributed by atoms with Crippen molar-refractivity contribution >= 4 is 33.0 Å². The van der Waals surface area contributed by atoms with Crippen molar-refractivity contribution in [2.75, 3.05) is 18.5 Å². The van der Waals surface area contributed by atoms with Crippen LogP contribution in [0.5, 0.6) is 11.5 Å². The van der Waals surface area contributed by atoms with E-state index in [1.807, 2.05) is 0 Å². The summed E-state index contributed by atoms with van der Waals surface area (Å²) in [5.41, 5.74) is 0.660. The van der Waals surface area contributed by atoms with Gasteiger partial charge in [-0.2, -0.15) is 0 Å². The second-order valence-corrected chi connectivity index (χ2v) is 9.07. The number of methoxy groups -OCH3 is 2. The summed E-state index contributed by atoms with van der Waals surface area (Å²) in [4.78, 5) is 10.4. The predicted octanol–water partition coefficient (Wildman–Crippen LogP) is 5.22. The Morgan fingerprint density at radius 1 is 0.969 bits per heavy atom. The fourth-order valence-corrected chi connectivity index (χ4v) is 5.08. The lowest BCUT2D eigenvalue weighted by atomic mass is 10.1. The van der Waals surface area contributed by atoms with Crippen LogP contribution in [0.25, 0.3) is 0 Å². The van der Waals surface area contributed by atoms with Gasteiger partial charge in [0.1, 0.15) is 0 Å². The Bertz CT molecular complexity index is 1230. The fraction of sp³-hybridized carbons (Fsp3) is 0.182. The number of rotatable bonds is 8. The van der Waals surface area contributed by atoms with Crippen molar-refractivity contribution in [1.29, 1.82) is 0 Å². The summed E-state index contributed by atoms with van der Waals surface area (Å²) in [7, 11) is -1.29. The van der Waals surface area contributed by atoms with Gasteiger partial charge in [0, 0.05) is 23.2 Å². The Balaban J connectivity index is 2.21. The molecule has 0 saturated heterocycles. The van der Waals surface area contributed by atoms with Crippen molar-refractivity contribution in [2.45, 2.75) is 17.9 Å². The van der Waals surface area contributed by atoms with Crippen LogP contribution < -0.4 is 13.8 Å². The molecule has 32 heavy (non-hydrogen) atoms. The topological polar surface area (TPSA) is 99.0 Å². The molecule has 1 atom stereocenters. The number of nitro benzene ring substituents is 1. The van der Waals surface area contributed by atoms with Crippen molar-refractivity contribution < 1.29 is 22.8 Å². The molecule has 0 aliphatic rings. The van der Waals surface area contributed by atoms with Crippen molar-refractivity contribution in [3.63, 3.8) is 0 Å². The first-order valence-electron chi connectivity index (χ1n) is 9.45. The number of nitro groups is 1. The van der Waals surface area contributed by atoms with E-state index in [-0.39, 0.29) is 10.6 Å². The molecular formula is C22H21ClN2O6S. The van der Waals surface area contributed by atoms with E-state index < -0.39 is 21.0 Å². The first-order valence-corrected chi connectivity index (χ1v) is 11.3. The lowest BCUT2D eigenvalue weighted by molar-refractivity contribution is -0.385. The standard InChI is InChI=1S/C22H21ClN2O6S/c1-15(16-7-9-17(23)10-8-16)24(18-11-12-21(30-2)22(14-18)31-3)32(28,29)20-6-4-5-19(13-20)25(26)27/h4-15H,1-3H3/t15-/m1/s1. The second kappa shape index (κ2) is 9.46. The molecular weight excluding hydrogens is 456 g/mol. The fourth-order valence-electron chi connectivity index (χ4n) is 3.28. The molecule has 0 aliphatic carbocycles. The highest BCUT2D eigenvalue weighted by Crippen LogP contribution is 2.38. The van der Waals surface area contributed by atoms with Gasteiger partial charge >= 0.3 is 0 Å². The van der Waals surface area contributed by atoms with Crippen LogP contribution in [0.15, 0.2) is 71.6 Å². The van der Waals surface area contributed by atoms with E-state index in [1.54, 1.807) is 49.4 Å². The van der Waals surface area contributed by atoms with Crippen molar-refractivity contribution in [2.24, 2.45) is 0 Å². The zero-order chi connectivity index (χ0) is 23.5. The zero-order valence-corrected chi connectivity index (χ0v) is 19.1. The molecule has 10 heteroatoms. The van der Waals surface area contributed by atoms with E-state index in [0.29, 0.717) is 27.8 Å². The first-order chi connectivity index (χ1) is 15.2. The van der Waals surface area contributed by atoms with Gasteiger partial charge in [0.25, 0.3) is 15.7 Å². The van der Waals surface area contributed by atoms with Gasteiger partial charge in [-0.1, -0.05) is 29.8 Å². The van der Waals surface area contributed by atoms with E-state index in [0.717, 1.165) is 6.07 Å². The highest BCUT2D eigenvalue weighted by atomic mass is 35.5. The molecule has 0 radical (unpaired) electrons. The average Bonchev–Trinajstić information content (AvgIpc) is 2.79. The Hall–Kier alpha value is -3.30. The number of ether oxygens (including phenoxy) is 2. The minimum Gasteiger partial charge on any atom is -0.493 e. The molecule has 0 heterocycles. The van der Waals surface area contributed by atoms with Crippen molar-refractivity contribution in [1.82, 2.24) is 0 Å². The maximum atomic E-state index is 13.7. The van der Waals surface area contributed by atoms with Crippen LogP contribution in [0.2, 0.25) is 5.02 Å². The second-order valence-electron chi connectivity index (χ2n) is 6.82. The minimum absolute atomic E-state index is 0.206. The number of hydrogen-bond donors (Lipinski definition) is 0. The highest BCUT2D eigenvalue weighted by molar-refractivity contribution is 7.92. The lowest BCUT2D eigenvalue weighted by Crippen LogP contribution is -2.33. The van der Waals surface area contributed by atoms with E-state index >= 15 is 0 Å². The van der Waals surface area contributed by atoms with Crippen LogP contribution in [0, 0.1) is 10.1 Å². The van der Waals surface area contributed by atoms with Crippen molar-refractivity contribution in [3.05, 3.63) is 87.4 Å². The molecule has 0 saturated carbocycles. The van der Waals surface area contributed by atoms with E-state index in [1.165, 1.54) is 36.7 Å². The molecule has 3 aromatic carbocycles. The Labute approximate surface area is 191 Å². The van der Waals surface area contributed by atoms with E-state index in [2.05, 4.69) is 0 Å². The molecule has 3 aromatic rings. The van der Waals surface area contributed by atoms with Gasteiger partial charge in [-0.3, -0.25) is 14.4 Å². The summed E-state index contributed by atoms with van der Waals surface area (Å²) >= 11 is 5.99. The highest BCUT2D eigenvalue weighted by Gasteiger charge is 2.32. The molecule has 0 amide bonds. The van der Waals surface area contributed by atoms with Crippen LogP contribution in [-0.4, -0.2) is 27.6 Å². The van der Waals surface area contributed by atoms with Gasteiger partial charge in [0.2, 0.25) is 0 Å². The van der Waals surface area contributed by atoms with E-state index in [4.69, 9.17) is 21.1 Å². The number of anilines is 1. The predicted molar refractivity (Wildman–Crippen MR) is 122 cm³/mol. The molecule has 8 nitrogen and oxygen atoms in total. The molecule has 0 unspecified atom stereocenters. The van der Waals surface area contributed by atoms with Gasteiger partial charge in [-0.25, -0.2) is 8.42 Å². The first kappa shape index (κ1) is 23.4.